The van der Waals surface area contributed by atoms with Crippen LogP contribution < -0.4 is 0 Å². The standard InChI is InChI=1S/C22H31NO4/c1-4-5-9-13-22-14-12-17(23(22)2)15-18(19(22)21(25)26-3)27-20(24)16-10-7-6-8-11-16/h6-8,10-11,17-19H,4-5,9,12-15H2,1-3H3/t17?,18?,19-,22-/m1/s1. The molecular formula is C22H31NO4. The average molecular weight is 373 g/mol. The third kappa shape index (κ3) is 3.75. The van der Waals surface area contributed by atoms with Gasteiger partial charge < -0.3 is 9.47 Å². The fourth-order valence-corrected chi connectivity index (χ4v) is 5.08. The van der Waals surface area contributed by atoms with E-state index in [0.717, 1.165) is 38.5 Å². The largest absolute Gasteiger partial charge is 0.469 e. The molecule has 148 valence electrons. The molecule has 0 aliphatic carbocycles. The van der Waals surface area contributed by atoms with Crippen LogP contribution in [0.15, 0.2) is 30.3 Å². The molecule has 0 aromatic heterocycles. The molecule has 0 amide bonds. The molecule has 1 aromatic carbocycles. The van der Waals surface area contributed by atoms with Gasteiger partial charge in [0.05, 0.1) is 12.7 Å². The van der Waals surface area contributed by atoms with Crippen LogP contribution in [0.4, 0.5) is 0 Å². The molecule has 2 aliphatic heterocycles. The Bertz CT molecular complexity index is 662. The van der Waals surface area contributed by atoms with Gasteiger partial charge in [0.25, 0.3) is 0 Å². The normalized spacial score (nSPS) is 30.1. The quantitative estimate of drug-likeness (QED) is 0.537. The van der Waals surface area contributed by atoms with E-state index in [0.29, 0.717) is 18.0 Å². The Morgan fingerprint density at radius 1 is 1.22 bits per heavy atom. The van der Waals surface area contributed by atoms with E-state index in [1.54, 1.807) is 12.1 Å². The highest BCUT2D eigenvalue weighted by molar-refractivity contribution is 5.89. The number of hydrogen-bond acceptors (Lipinski definition) is 5. The summed E-state index contributed by atoms with van der Waals surface area (Å²) in [5.41, 5.74) is 0.250. The van der Waals surface area contributed by atoms with Crippen LogP contribution in [-0.4, -0.2) is 48.7 Å². The van der Waals surface area contributed by atoms with Crippen molar-refractivity contribution < 1.29 is 19.1 Å². The molecule has 0 N–H and O–H groups in total. The Labute approximate surface area is 162 Å². The monoisotopic (exact) mass is 373 g/mol. The molecule has 3 rings (SSSR count). The van der Waals surface area contributed by atoms with Crippen molar-refractivity contribution in [3.63, 3.8) is 0 Å². The molecule has 1 aromatic rings. The van der Waals surface area contributed by atoms with Crippen molar-refractivity contribution in [1.82, 2.24) is 4.90 Å². The van der Waals surface area contributed by atoms with Gasteiger partial charge in [0.1, 0.15) is 12.0 Å². The molecule has 0 radical (unpaired) electrons. The first-order chi connectivity index (χ1) is 13.0. The minimum absolute atomic E-state index is 0.260. The van der Waals surface area contributed by atoms with Crippen molar-refractivity contribution in [2.24, 2.45) is 5.92 Å². The van der Waals surface area contributed by atoms with Crippen LogP contribution in [0.3, 0.4) is 0 Å². The number of benzene rings is 1. The van der Waals surface area contributed by atoms with Crippen LogP contribution in [0.5, 0.6) is 0 Å². The third-order valence-electron chi connectivity index (χ3n) is 6.55. The number of piperidine rings is 1. The molecule has 5 nitrogen and oxygen atoms in total. The second-order valence-electron chi connectivity index (χ2n) is 7.91. The van der Waals surface area contributed by atoms with Crippen LogP contribution in [0.25, 0.3) is 0 Å². The fourth-order valence-electron chi connectivity index (χ4n) is 5.08. The molecule has 2 aliphatic rings. The van der Waals surface area contributed by atoms with Gasteiger partial charge in [0.15, 0.2) is 0 Å². The maximum Gasteiger partial charge on any atom is 0.338 e. The Balaban J connectivity index is 1.86. The molecule has 2 bridgehead atoms. The highest BCUT2D eigenvalue weighted by atomic mass is 16.6. The van der Waals surface area contributed by atoms with Crippen molar-refractivity contribution >= 4 is 11.9 Å². The van der Waals surface area contributed by atoms with Gasteiger partial charge in [-0.25, -0.2) is 4.79 Å². The number of carbonyl (C=O) groups is 2. The summed E-state index contributed by atoms with van der Waals surface area (Å²) in [7, 11) is 3.55. The summed E-state index contributed by atoms with van der Waals surface area (Å²) >= 11 is 0. The molecule has 4 atom stereocenters. The van der Waals surface area contributed by atoms with Crippen LogP contribution in [-0.2, 0) is 14.3 Å². The Hall–Kier alpha value is -1.88. The van der Waals surface area contributed by atoms with Crippen molar-refractivity contribution in [2.45, 2.75) is 69.6 Å². The van der Waals surface area contributed by atoms with Gasteiger partial charge in [0, 0.05) is 18.0 Å². The van der Waals surface area contributed by atoms with Gasteiger partial charge >= 0.3 is 11.9 Å². The minimum Gasteiger partial charge on any atom is -0.469 e. The van der Waals surface area contributed by atoms with Gasteiger partial charge in [-0.15, -0.1) is 0 Å². The molecule has 27 heavy (non-hydrogen) atoms. The van der Waals surface area contributed by atoms with Crippen LogP contribution in [0, 0.1) is 5.92 Å². The summed E-state index contributed by atoms with van der Waals surface area (Å²) in [6.07, 6.45) is 6.53. The molecule has 2 unspecified atom stereocenters. The van der Waals surface area contributed by atoms with Gasteiger partial charge in [-0.3, -0.25) is 9.69 Å². The third-order valence-corrected chi connectivity index (χ3v) is 6.55. The number of rotatable bonds is 7. The van der Waals surface area contributed by atoms with E-state index < -0.39 is 12.0 Å². The average Bonchev–Trinajstić information content (AvgIpc) is 2.89. The van der Waals surface area contributed by atoms with E-state index in [4.69, 9.17) is 9.47 Å². The number of nitrogens with zero attached hydrogens (tertiary/aromatic N) is 1. The zero-order chi connectivity index (χ0) is 19.4. The first-order valence-corrected chi connectivity index (χ1v) is 10.1. The zero-order valence-corrected chi connectivity index (χ0v) is 16.6. The maximum absolute atomic E-state index is 12.8. The van der Waals surface area contributed by atoms with E-state index in [1.165, 1.54) is 7.11 Å². The number of carbonyl (C=O) groups excluding carboxylic acids is 2. The molecule has 0 saturated carbocycles. The zero-order valence-electron chi connectivity index (χ0n) is 16.6. The summed E-state index contributed by atoms with van der Waals surface area (Å²) < 4.78 is 11.1. The molecule has 2 heterocycles. The first kappa shape index (κ1) is 19.9. The number of unbranched alkanes of at least 4 members (excludes halogenated alkanes) is 2. The minimum atomic E-state index is -0.435. The topological polar surface area (TPSA) is 55.8 Å². The molecular weight excluding hydrogens is 342 g/mol. The smallest absolute Gasteiger partial charge is 0.338 e. The van der Waals surface area contributed by atoms with E-state index in [1.807, 2.05) is 18.2 Å². The lowest BCUT2D eigenvalue weighted by atomic mass is 9.72. The van der Waals surface area contributed by atoms with Gasteiger partial charge in [-0.2, -0.15) is 0 Å². The summed E-state index contributed by atoms with van der Waals surface area (Å²) in [6, 6.07) is 9.34. The van der Waals surface area contributed by atoms with E-state index in [-0.39, 0.29) is 17.5 Å². The van der Waals surface area contributed by atoms with Gasteiger partial charge in [-0.05, 0) is 38.4 Å². The lowest BCUT2D eigenvalue weighted by Crippen LogP contribution is -2.62. The van der Waals surface area contributed by atoms with Crippen LogP contribution >= 0.6 is 0 Å². The van der Waals surface area contributed by atoms with Gasteiger partial charge in [-0.1, -0.05) is 44.4 Å². The highest BCUT2D eigenvalue weighted by Crippen LogP contribution is 2.50. The first-order valence-electron chi connectivity index (χ1n) is 10.1. The summed E-state index contributed by atoms with van der Waals surface area (Å²) in [5.74, 6) is -1.05. The Morgan fingerprint density at radius 3 is 2.63 bits per heavy atom. The lowest BCUT2D eigenvalue weighted by Gasteiger charge is -2.50. The maximum atomic E-state index is 12.8. The molecule has 2 saturated heterocycles. The predicted molar refractivity (Wildman–Crippen MR) is 103 cm³/mol. The molecule has 2 fully saturated rings. The predicted octanol–water partition coefficient (Wildman–Crippen LogP) is 3.82. The van der Waals surface area contributed by atoms with E-state index >= 15 is 0 Å². The second-order valence-corrected chi connectivity index (χ2v) is 7.91. The SMILES string of the molecule is CCCCC[C@@]12CCC(CC(OC(=O)c3ccccc3)[C@@H]1C(=O)OC)N2C. The lowest BCUT2D eigenvalue weighted by molar-refractivity contribution is -0.164. The van der Waals surface area contributed by atoms with Crippen molar-refractivity contribution in [2.75, 3.05) is 14.2 Å². The number of fused-ring (bicyclic) bond motifs is 2. The molecule has 5 heteroatoms. The number of hydrogen-bond donors (Lipinski definition) is 0. The summed E-state index contributed by atoms with van der Waals surface area (Å²) in [6.45, 7) is 2.18. The second kappa shape index (κ2) is 8.42. The number of ether oxygens (including phenoxy) is 2. The van der Waals surface area contributed by atoms with E-state index in [9.17, 15) is 9.59 Å². The molecule has 0 spiro atoms. The van der Waals surface area contributed by atoms with Crippen LogP contribution in [0.1, 0.15) is 62.2 Å². The number of methoxy groups -OCH3 is 1. The van der Waals surface area contributed by atoms with Crippen molar-refractivity contribution in [1.29, 1.82) is 0 Å². The highest BCUT2D eigenvalue weighted by Gasteiger charge is 2.60. The van der Waals surface area contributed by atoms with Crippen molar-refractivity contribution in [3.8, 4) is 0 Å². The summed E-state index contributed by atoms with van der Waals surface area (Å²) in [5, 5.41) is 0. The van der Waals surface area contributed by atoms with Gasteiger partial charge in [0.2, 0.25) is 0 Å². The Kier molecular flexibility index (Phi) is 6.20. The fraction of sp³-hybridized carbons (Fsp3) is 0.636. The van der Waals surface area contributed by atoms with E-state index in [2.05, 4.69) is 18.9 Å². The summed E-state index contributed by atoms with van der Waals surface area (Å²) in [4.78, 5) is 27.9. The van der Waals surface area contributed by atoms with Crippen LogP contribution in [0.2, 0.25) is 0 Å². The number of esters is 2. The Morgan fingerprint density at radius 2 is 1.96 bits per heavy atom. The van der Waals surface area contributed by atoms with Crippen molar-refractivity contribution in [3.05, 3.63) is 35.9 Å².